The van der Waals surface area contributed by atoms with Crippen molar-refractivity contribution < 1.29 is 9.53 Å². The number of aromatic nitrogens is 2. The lowest BCUT2D eigenvalue weighted by molar-refractivity contribution is -0.130. The molecule has 1 aliphatic rings. The zero-order chi connectivity index (χ0) is 14.7. The predicted octanol–water partition coefficient (Wildman–Crippen LogP) is 2.50. The summed E-state index contributed by atoms with van der Waals surface area (Å²) in [5.41, 5.74) is 1.71. The fourth-order valence-corrected chi connectivity index (χ4v) is 2.58. The van der Waals surface area contributed by atoms with Gasteiger partial charge < -0.3 is 9.64 Å². The third-order valence-corrected chi connectivity index (χ3v) is 3.62. The third-order valence-electron chi connectivity index (χ3n) is 3.62. The minimum absolute atomic E-state index is 0.131. The van der Waals surface area contributed by atoms with Crippen LogP contribution >= 0.6 is 0 Å². The number of piperidine rings is 1. The molecule has 1 unspecified atom stereocenters. The summed E-state index contributed by atoms with van der Waals surface area (Å²) in [7, 11) is 0. The van der Waals surface area contributed by atoms with E-state index >= 15 is 0 Å². The highest BCUT2D eigenvalue weighted by Gasteiger charge is 2.24. The van der Waals surface area contributed by atoms with Gasteiger partial charge in [-0.1, -0.05) is 6.58 Å². The molecule has 0 saturated carbocycles. The van der Waals surface area contributed by atoms with Gasteiger partial charge in [0.15, 0.2) is 5.75 Å². The Morgan fingerprint density at radius 3 is 2.90 bits per heavy atom. The van der Waals surface area contributed by atoms with Crippen LogP contribution in [-0.2, 0) is 4.79 Å². The van der Waals surface area contributed by atoms with Gasteiger partial charge in [0.2, 0.25) is 5.91 Å². The zero-order valence-electron chi connectivity index (χ0n) is 12.6. The molecular weight excluding hydrogens is 254 g/mol. The van der Waals surface area contributed by atoms with E-state index < -0.39 is 0 Å². The maximum absolute atomic E-state index is 11.5. The molecule has 0 N–H and O–H groups in total. The molecule has 0 bridgehead atoms. The summed E-state index contributed by atoms with van der Waals surface area (Å²) in [5, 5.41) is 4.60. The van der Waals surface area contributed by atoms with Crippen LogP contribution in [-0.4, -0.2) is 40.3 Å². The first-order valence-electron chi connectivity index (χ1n) is 7.16. The number of nitrogens with zero attached hydrogens (tertiary/aromatic N) is 3. The van der Waals surface area contributed by atoms with Crippen LogP contribution in [0.3, 0.4) is 0 Å². The molecule has 0 radical (unpaired) electrons. The molecule has 1 aliphatic heterocycles. The van der Waals surface area contributed by atoms with Crippen molar-refractivity contribution in [3.05, 3.63) is 18.5 Å². The Morgan fingerprint density at radius 2 is 2.30 bits per heavy atom. The highest BCUT2D eigenvalue weighted by Crippen LogP contribution is 2.28. The Balaban J connectivity index is 2.21. The van der Waals surface area contributed by atoms with Gasteiger partial charge in [0.05, 0.1) is 18.8 Å². The molecule has 20 heavy (non-hydrogen) atoms. The first kappa shape index (κ1) is 14.6. The molecule has 1 amide bonds. The zero-order valence-corrected chi connectivity index (χ0v) is 12.6. The second kappa shape index (κ2) is 6.11. The Labute approximate surface area is 120 Å². The number of carbonyl (C=O) groups excluding carboxylic acids is 1. The van der Waals surface area contributed by atoms with E-state index in [-0.39, 0.29) is 11.9 Å². The van der Waals surface area contributed by atoms with Crippen LogP contribution in [0, 0.1) is 0 Å². The van der Waals surface area contributed by atoms with Crippen molar-refractivity contribution in [2.24, 2.45) is 0 Å². The molecule has 5 heteroatoms. The normalized spacial score (nSPS) is 18.9. The highest BCUT2D eigenvalue weighted by molar-refractivity contribution is 5.73. The van der Waals surface area contributed by atoms with E-state index in [0.29, 0.717) is 6.61 Å². The molecule has 110 valence electrons. The smallest absolute Gasteiger partial charge is 0.219 e. The average Bonchev–Trinajstić information content (AvgIpc) is 2.83. The maximum Gasteiger partial charge on any atom is 0.219 e. The van der Waals surface area contributed by atoms with Gasteiger partial charge >= 0.3 is 0 Å². The average molecular weight is 277 g/mol. The van der Waals surface area contributed by atoms with Gasteiger partial charge in [-0.25, -0.2) is 0 Å². The Hall–Kier alpha value is -1.78. The summed E-state index contributed by atoms with van der Waals surface area (Å²) in [6.45, 7) is 11.6. The number of rotatable bonds is 4. The topological polar surface area (TPSA) is 47.4 Å². The maximum atomic E-state index is 11.5. The Morgan fingerprint density at radius 1 is 1.55 bits per heavy atom. The fraction of sp³-hybridized carbons (Fsp3) is 0.600. The van der Waals surface area contributed by atoms with Gasteiger partial charge in [-0.3, -0.25) is 9.48 Å². The van der Waals surface area contributed by atoms with Gasteiger partial charge in [-0.15, -0.1) is 0 Å². The summed E-state index contributed by atoms with van der Waals surface area (Å²) in [6.07, 6.45) is 3.98. The number of ether oxygens (including phenoxy) is 1. The van der Waals surface area contributed by atoms with Crippen molar-refractivity contribution >= 4 is 11.5 Å². The molecule has 1 fully saturated rings. The van der Waals surface area contributed by atoms with Crippen LogP contribution in [0.1, 0.15) is 45.3 Å². The molecular formula is C15H23N3O2. The highest BCUT2D eigenvalue weighted by atomic mass is 16.5. The van der Waals surface area contributed by atoms with E-state index in [9.17, 15) is 4.79 Å². The number of amides is 1. The van der Waals surface area contributed by atoms with Crippen LogP contribution < -0.4 is 4.74 Å². The second-order valence-corrected chi connectivity index (χ2v) is 5.30. The molecule has 2 heterocycles. The van der Waals surface area contributed by atoms with Crippen LogP contribution in [0.25, 0.3) is 5.57 Å². The Kier molecular flexibility index (Phi) is 4.47. The molecule has 1 saturated heterocycles. The molecule has 5 nitrogen and oxygen atoms in total. The molecule has 0 spiro atoms. The van der Waals surface area contributed by atoms with Crippen molar-refractivity contribution in [2.45, 2.75) is 39.7 Å². The van der Waals surface area contributed by atoms with E-state index in [1.807, 2.05) is 29.6 Å². The van der Waals surface area contributed by atoms with E-state index in [0.717, 1.165) is 42.9 Å². The summed E-state index contributed by atoms with van der Waals surface area (Å²) < 4.78 is 7.55. The van der Waals surface area contributed by atoms with Crippen molar-refractivity contribution in [1.82, 2.24) is 14.7 Å². The van der Waals surface area contributed by atoms with Crippen molar-refractivity contribution in [1.29, 1.82) is 0 Å². The summed E-state index contributed by atoms with van der Waals surface area (Å²) in [5.74, 6) is 0.909. The monoisotopic (exact) mass is 277 g/mol. The minimum Gasteiger partial charge on any atom is -0.490 e. The summed E-state index contributed by atoms with van der Waals surface area (Å²) in [4.78, 5) is 13.4. The molecule has 1 aromatic heterocycles. The largest absolute Gasteiger partial charge is 0.490 e. The molecule has 0 aliphatic carbocycles. The predicted molar refractivity (Wildman–Crippen MR) is 78.6 cm³/mol. The van der Waals surface area contributed by atoms with Gasteiger partial charge in [-0.05, 0) is 32.3 Å². The van der Waals surface area contributed by atoms with E-state index in [1.54, 1.807) is 6.92 Å². The lowest BCUT2D eigenvalue weighted by Gasteiger charge is -2.32. The summed E-state index contributed by atoms with van der Waals surface area (Å²) >= 11 is 0. The van der Waals surface area contributed by atoms with Crippen LogP contribution in [0.15, 0.2) is 12.8 Å². The van der Waals surface area contributed by atoms with E-state index in [4.69, 9.17) is 4.74 Å². The third kappa shape index (κ3) is 3.03. The van der Waals surface area contributed by atoms with Gasteiger partial charge in [0, 0.05) is 20.0 Å². The molecule has 2 rings (SSSR count). The van der Waals surface area contributed by atoms with Crippen LogP contribution in [0.2, 0.25) is 0 Å². The standard InChI is InChI=1S/C15H23N3O2/c1-5-20-14-10-18(16-15(14)11(2)3)13-7-6-8-17(9-13)12(4)19/h10,13H,2,5-9H2,1,3-4H3. The number of hydrogen-bond donors (Lipinski definition) is 0. The lowest BCUT2D eigenvalue weighted by atomic mass is 10.1. The lowest BCUT2D eigenvalue weighted by Crippen LogP contribution is -2.39. The number of likely N-dealkylation sites (tertiary alicyclic amines) is 1. The van der Waals surface area contributed by atoms with E-state index in [1.165, 1.54) is 0 Å². The second-order valence-electron chi connectivity index (χ2n) is 5.30. The first-order valence-corrected chi connectivity index (χ1v) is 7.16. The van der Waals surface area contributed by atoms with Crippen molar-refractivity contribution in [3.8, 4) is 5.75 Å². The number of carbonyl (C=O) groups is 1. The van der Waals surface area contributed by atoms with Crippen LogP contribution in [0.4, 0.5) is 0 Å². The fourth-order valence-electron chi connectivity index (χ4n) is 2.58. The quantitative estimate of drug-likeness (QED) is 0.849. The van der Waals surface area contributed by atoms with Gasteiger partial charge in [0.1, 0.15) is 5.69 Å². The van der Waals surface area contributed by atoms with Crippen molar-refractivity contribution in [3.63, 3.8) is 0 Å². The SMILES string of the molecule is C=C(C)c1nn(C2CCCN(C(C)=O)C2)cc1OCC. The number of allylic oxidation sites excluding steroid dienone is 1. The van der Waals surface area contributed by atoms with E-state index in [2.05, 4.69) is 11.7 Å². The first-order chi connectivity index (χ1) is 9.52. The Bertz CT molecular complexity index is 507. The van der Waals surface area contributed by atoms with Gasteiger partial charge in [0.25, 0.3) is 0 Å². The molecule has 0 aromatic carbocycles. The minimum atomic E-state index is 0.131. The molecule has 1 atom stereocenters. The van der Waals surface area contributed by atoms with Gasteiger partial charge in [-0.2, -0.15) is 5.10 Å². The summed E-state index contributed by atoms with van der Waals surface area (Å²) in [6, 6.07) is 0.222. The van der Waals surface area contributed by atoms with Crippen LogP contribution in [0.5, 0.6) is 5.75 Å². The molecule has 1 aromatic rings. The number of hydrogen-bond acceptors (Lipinski definition) is 3. The van der Waals surface area contributed by atoms with Crippen molar-refractivity contribution in [2.75, 3.05) is 19.7 Å².